The minimum atomic E-state index is -0.397. The third-order valence-electron chi connectivity index (χ3n) is 6.41. The van der Waals surface area contributed by atoms with Gasteiger partial charge in [-0.3, -0.25) is 25.7 Å². The Morgan fingerprint density at radius 2 is 1.20 bits per heavy atom. The van der Waals surface area contributed by atoms with E-state index >= 15 is 0 Å². The number of hydrogen-bond acceptors (Lipinski definition) is 11. The van der Waals surface area contributed by atoms with Gasteiger partial charge in [-0.25, -0.2) is 0 Å². The molecular formula is C29H56ClN3O8. The highest BCUT2D eigenvalue weighted by atomic mass is 35.5. The molecule has 0 spiro atoms. The number of rotatable bonds is 4. The second-order valence-electron chi connectivity index (χ2n) is 11.3. The molecule has 0 amide bonds. The third kappa shape index (κ3) is 25.1. The average molecular weight is 610 g/mol. The minimum absolute atomic E-state index is 0. The molecular weight excluding hydrogens is 554 g/mol. The number of carbonyl (C=O) groups is 3. The molecule has 4 rings (SSSR count). The first kappa shape index (κ1) is 39.8. The lowest BCUT2D eigenvalue weighted by molar-refractivity contribution is -0.153. The quantitative estimate of drug-likeness (QED) is 0.245. The molecule has 2 unspecified atom stereocenters. The molecule has 0 aromatic carbocycles. The molecule has 4 aliphatic rings. The van der Waals surface area contributed by atoms with Gasteiger partial charge in [0.2, 0.25) is 0 Å². The van der Waals surface area contributed by atoms with Gasteiger partial charge >= 0.3 is 5.97 Å². The molecule has 2 atom stereocenters. The summed E-state index contributed by atoms with van der Waals surface area (Å²) >= 11 is 0. The zero-order chi connectivity index (χ0) is 29.5. The van der Waals surface area contributed by atoms with Gasteiger partial charge in [-0.2, -0.15) is 0 Å². The molecule has 0 aromatic rings. The molecule has 0 aromatic heterocycles. The summed E-state index contributed by atoms with van der Waals surface area (Å²) in [7, 11) is 0. The van der Waals surface area contributed by atoms with E-state index in [1.807, 2.05) is 20.8 Å². The maximum absolute atomic E-state index is 11.5. The van der Waals surface area contributed by atoms with Gasteiger partial charge in [0.15, 0.2) is 0 Å². The van der Waals surface area contributed by atoms with E-state index in [1.54, 1.807) is 0 Å². The standard InChI is InChI=1S/C12H23NO3.C6H14N2O.C6H10O2.C5H8O2.ClH/c1-12(2,3)16-11(14)9-13-10-5-4-7-15-8-6-10;7-8-6-2-1-4-9-5-3-6;7-6-2-1-4-8-5-3-6;6-5-1-3-7-4-2-5;/h10,13H,4-9H2,1-3H3;6,8H,1-5,7H2;1-5H2;1-4H2;1H. The lowest BCUT2D eigenvalue weighted by Crippen LogP contribution is -2.37. The van der Waals surface area contributed by atoms with Crippen LogP contribution in [-0.4, -0.2) is 94.6 Å². The van der Waals surface area contributed by atoms with Crippen LogP contribution >= 0.6 is 12.4 Å². The molecule has 41 heavy (non-hydrogen) atoms. The van der Waals surface area contributed by atoms with Crippen LogP contribution < -0.4 is 16.6 Å². The van der Waals surface area contributed by atoms with E-state index in [-0.39, 0.29) is 18.4 Å². The topological polar surface area (TPSA) is 147 Å². The largest absolute Gasteiger partial charge is 0.459 e. The molecule has 4 N–H and O–H groups in total. The van der Waals surface area contributed by atoms with E-state index in [1.165, 1.54) is 0 Å². The maximum Gasteiger partial charge on any atom is 0.320 e. The fraction of sp³-hybridized carbons (Fsp3) is 0.897. The van der Waals surface area contributed by atoms with Crippen molar-refractivity contribution in [3.63, 3.8) is 0 Å². The number of ether oxygens (including phenoxy) is 5. The Morgan fingerprint density at radius 3 is 1.73 bits per heavy atom. The monoisotopic (exact) mass is 609 g/mol. The molecule has 0 radical (unpaired) electrons. The van der Waals surface area contributed by atoms with E-state index in [9.17, 15) is 14.4 Å². The molecule has 242 valence electrons. The lowest BCUT2D eigenvalue weighted by atomic mass is 10.1. The van der Waals surface area contributed by atoms with Crippen molar-refractivity contribution in [3.8, 4) is 0 Å². The molecule has 12 heteroatoms. The van der Waals surface area contributed by atoms with Crippen LogP contribution in [0.1, 0.15) is 91.4 Å². The number of nitrogens with two attached hydrogens (primary N) is 1. The fourth-order valence-electron chi connectivity index (χ4n) is 4.17. The summed E-state index contributed by atoms with van der Waals surface area (Å²) in [6, 6.07) is 0.863. The van der Waals surface area contributed by atoms with E-state index in [0.29, 0.717) is 69.3 Å². The number of nitrogens with one attached hydrogen (secondary N) is 2. The Kier molecular flexibility index (Phi) is 24.6. The van der Waals surface area contributed by atoms with Crippen LogP contribution in [0.4, 0.5) is 0 Å². The molecule has 11 nitrogen and oxygen atoms in total. The van der Waals surface area contributed by atoms with Gasteiger partial charge in [0.1, 0.15) is 17.2 Å². The summed E-state index contributed by atoms with van der Waals surface area (Å²) in [4.78, 5) is 32.5. The van der Waals surface area contributed by atoms with Gasteiger partial charge in [-0.05, 0) is 65.7 Å². The maximum atomic E-state index is 11.5. The molecule has 0 aliphatic carbocycles. The first-order valence-electron chi connectivity index (χ1n) is 15.0. The molecule has 0 saturated carbocycles. The van der Waals surface area contributed by atoms with Gasteiger partial charge in [0.25, 0.3) is 0 Å². The number of ketones is 2. The fourth-order valence-corrected chi connectivity index (χ4v) is 4.17. The van der Waals surface area contributed by atoms with Crippen LogP contribution in [0.25, 0.3) is 0 Å². The van der Waals surface area contributed by atoms with Crippen molar-refractivity contribution in [2.75, 3.05) is 59.4 Å². The number of hydrogen-bond donors (Lipinski definition) is 3. The summed E-state index contributed by atoms with van der Waals surface area (Å²) in [5, 5.41) is 3.23. The van der Waals surface area contributed by atoms with E-state index in [2.05, 4.69) is 10.7 Å². The van der Waals surface area contributed by atoms with Crippen molar-refractivity contribution < 1.29 is 38.1 Å². The lowest BCUT2D eigenvalue weighted by Gasteiger charge is -2.21. The SMILES string of the molecule is CC(C)(C)OC(=O)CNC1CCCOCC1.Cl.NNC1CCCOCC1.O=C1CCCOCC1.O=C1CCOCC1. The summed E-state index contributed by atoms with van der Waals surface area (Å²) in [5.74, 6) is 5.77. The van der Waals surface area contributed by atoms with Crippen molar-refractivity contribution in [2.24, 2.45) is 5.84 Å². The number of carbonyl (C=O) groups excluding carboxylic acids is 3. The van der Waals surface area contributed by atoms with Crippen molar-refractivity contribution in [1.29, 1.82) is 0 Å². The van der Waals surface area contributed by atoms with Crippen LogP contribution in [0.15, 0.2) is 0 Å². The van der Waals surface area contributed by atoms with Crippen LogP contribution in [0.3, 0.4) is 0 Å². The summed E-state index contributed by atoms with van der Waals surface area (Å²) < 4.78 is 25.8. The van der Waals surface area contributed by atoms with Crippen molar-refractivity contribution in [1.82, 2.24) is 10.7 Å². The van der Waals surface area contributed by atoms with Crippen LogP contribution in [0, 0.1) is 0 Å². The molecule has 4 heterocycles. The number of Topliss-reactive ketones (excluding diaryl/α,β-unsaturated/α-hetero) is 2. The average Bonchev–Trinajstić information content (AvgIpc) is 3.44. The van der Waals surface area contributed by atoms with Gasteiger partial charge < -0.3 is 29.0 Å². The summed E-state index contributed by atoms with van der Waals surface area (Å²) in [5.41, 5.74) is 2.37. The van der Waals surface area contributed by atoms with E-state index < -0.39 is 5.60 Å². The number of hydrazine groups is 1. The second kappa shape index (κ2) is 25.3. The number of halogens is 1. The minimum Gasteiger partial charge on any atom is -0.459 e. The van der Waals surface area contributed by atoms with Crippen molar-refractivity contribution >= 4 is 29.9 Å². The predicted molar refractivity (Wildman–Crippen MR) is 160 cm³/mol. The Hall–Kier alpha value is -1.18. The molecule has 4 saturated heterocycles. The van der Waals surface area contributed by atoms with Crippen molar-refractivity contribution in [3.05, 3.63) is 0 Å². The molecule has 0 bridgehead atoms. The zero-order valence-corrected chi connectivity index (χ0v) is 26.4. The zero-order valence-electron chi connectivity index (χ0n) is 25.5. The highest BCUT2D eigenvalue weighted by molar-refractivity contribution is 5.85. The Balaban J connectivity index is 0.000000548. The van der Waals surface area contributed by atoms with Crippen molar-refractivity contribution in [2.45, 2.75) is 109 Å². The first-order valence-corrected chi connectivity index (χ1v) is 15.0. The van der Waals surface area contributed by atoms with E-state index in [4.69, 9.17) is 29.5 Å². The van der Waals surface area contributed by atoms with Crippen LogP contribution in [0.2, 0.25) is 0 Å². The Morgan fingerprint density at radius 1 is 0.732 bits per heavy atom. The third-order valence-corrected chi connectivity index (χ3v) is 6.41. The van der Waals surface area contributed by atoms with E-state index in [0.717, 1.165) is 84.4 Å². The van der Waals surface area contributed by atoms with Crippen LogP contribution in [-0.2, 0) is 38.1 Å². The number of esters is 1. The smallest absolute Gasteiger partial charge is 0.320 e. The molecule has 4 fully saturated rings. The normalized spacial score (nSPS) is 23.6. The second-order valence-corrected chi connectivity index (χ2v) is 11.3. The van der Waals surface area contributed by atoms with Crippen LogP contribution in [0.5, 0.6) is 0 Å². The van der Waals surface area contributed by atoms with Gasteiger partial charge in [0, 0.05) is 70.8 Å². The first-order chi connectivity index (χ1) is 19.2. The highest BCUT2D eigenvalue weighted by Gasteiger charge is 2.18. The Labute approximate surface area is 253 Å². The highest BCUT2D eigenvalue weighted by Crippen LogP contribution is 2.10. The Bertz CT molecular complexity index is 659. The summed E-state index contributed by atoms with van der Waals surface area (Å²) in [6.45, 7) is 12.0. The van der Waals surface area contributed by atoms with Gasteiger partial charge in [-0.15, -0.1) is 12.4 Å². The predicted octanol–water partition coefficient (Wildman–Crippen LogP) is 3.05. The summed E-state index contributed by atoms with van der Waals surface area (Å²) in [6.07, 6.45) is 9.96. The molecule has 4 aliphatic heterocycles. The van der Waals surface area contributed by atoms with Gasteiger partial charge in [0.05, 0.1) is 26.4 Å². The van der Waals surface area contributed by atoms with Gasteiger partial charge in [-0.1, -0.05) is 0 Å².